The van der Waals surface area contributed by atoms with Crippen molar-refractivity contribution in [1.29, 1.82) is 0 Å². The normalized spacial score (nSPS) is 16.3. The fourth-order valence-corrected chi connectivity index (χ4v) is 3.88. The van der Waals surface area contributed by atoms with E-state index >= 15 is 0 Å². The number of hydrogen-bond acceptors (Lipinski definition) is 4. The molecule has 0 fully saturated rings. The second kappa shape index (κ2) is 9.00. The van der Waals surface area contributed by atoms with E-state index in [4.69, 9.17) is 16.7 Å². The Hall–Kier alpha value is -1.67. The summed E-state index contributed by atoms with van der Waals surface area (Å²) in [6.07, 6.45) is 0.700. The molecule has 0 bridgehead atoms. The summed E-state index contributed by atoms with van der Waals surface area (Å²) in [6.45, 7) is 0. The van der Waals surface area contributed by atoms with Crippen molar-refractivity contribution in [1.82, 2.24) is 0 Å². The molecule has 0 saturated heterocycles. The van der Waals surface area contributed by atoms with Crippen molar-refractivity contribution in [2.45, 2.75) is 17.4 Å². The van der Waals surface area contributed by atoms with Crippen LogP contribution in [0.5, 0.6) is 0 Å². The van der Waals surface area contributed by atoms with E-state index in [9.17, 15) is 13.0 Å². The first-order chi connectivity index (χ1) is 13.4. The van der Waals surface area contributed by atoms with Crippen LogP contribution in [0.2, 0.25) is 5.02 Å². The molecule has 1 heterocycles. The molecule has 144 valence electrons. The van der Waals surface area contributed by atoms with Gasteiger partial charge >= 0.3 is 29.6 Å². The summed E-state index contributed by atoms with van der Waals surface area (Å²) in [6, 6.07) is 23.6. The van der Waals surface area contributed by atoms with Gasteiger partial charge in [-0.05, 0) is 47.5 Å². The summed E-state index contributed by atoms with van der Waals surface area (Å²) in [5, 5.41) is 7.35. The first kappa shape index (κ1) is 22.0. The molecule has 0 radical (unpaired) electrons. The molecule has 0 saturated carbocycles. The molecule has 8 heteroatoms. The molecule has 5 nitrogen and oxygen atoms in total. The third-order valence-electron chi connectivity index (χ3n) is 4.67. The van der Waals surface area contributed by atoms with E-state index in [1.54, 1.807) is 12.1 Å². The van der Waals surface area contributed by atoms with Crippen LogP contribution < -0.4 is 34.6 Å². The number of hydrazone groups is 1. The Labute approximate surface area is 198 Å². The molecule has 3 aromatic rings. The van der Waals surface area contributed by atoms with Gasteiger partial charge in [-0.3, -0.25) is 9.56 Å². The smallest absolute Gasteiger partial charge is 1.00 e. The second-order valence-electron chi connectivity index (χ2n) is 6.50. The van der Waals surface area contributed by atoms with E-state index in [0.29, 0.717) is 11.4 Å². The topological polar surface area (TPSA) is 70.0 Å². The van der Waals surface area contributed by atoms with Crippen LogP contribution in [0.15, 0.2) is 88.9 Å². The number of hydrogen-bond donors (Lipinski definition) is 1. The van der Waals surface area contributed by atoms with Crippen molar-refractivity contribution in [3.05, 3.63) is 95.0 Å². The van der Waals surface area contributed by atoms with E-state index in [1.807, 2.05) is 59.6 Å². The van der Waals surface area contributed by atoms with Gasteiger partial charge in [0.05, 0.1) is 22.3 Å². The quantitative estimate of drug-likeness (QED) is 0.502. The molecule has 4 rings (SSSR count). The van der Waals surface area contributed by atoms with E-state index in [0.717, 1.165) is 22.5 Å². The maximum absolute atomic E-state index is 11.3. The van der Waals surface area contributed by atoms with Gasteiger partial charge in [-0.1, -0.05) is 54.1 Å². The van der Waals surface area contributed by atoms with Gasteiger partial charge in [0.25, 0.3) is 10.1 Å². The van der Waals surface area contributed by atoms with E-state index in [1.165, 1.54) is 12.1 Å². The fourth-order valence-electron chi connectivity index (χ4n) is 3.27. The van der Waals surface area contributed by atoms with Gasteiger partial charge in [-0.2, -0.15) is 13.5 Å². The molecule has 1 N–H and O–H groups in total. The van der Waals surface area contributed by atoms with Crippen molar-refractivity contribution in [2.75, 3.05) is 5.01 Å². The van der Waals surface area contributed by atoms with Crippen LogP contribution in [0.3, 0.4) is 0 Å². The van der Waals surface area contributed by atoms with E-state index < -0.39 is 10.1 Å². The minimum Gasteiger partial charge on any atom is -1.00 e. The monoisotopic (exact) mass is 436 g/mol. The molecular formula is C21H18ClN2NaO3S. The largest absolute Gasteiger partial charge is 1.00 e. The average molecular weight is 437 g/mol. The number of benzene rings is 3. The zero-order valence-corrected chi connectivity index (χ0v) is 19.3. The third kappa shape index (κ3) is 4.91. The zero-order chi connectivity index (χ0) is 19.7. The number of halogens is 1. The summed E-state index contributed by atoms with van der Waals surface area (Å²) in [5.74, 6) is 0. The Morgan fingerprint density at radius 3 is 2.17 bits per heavy atom. The number of rotatable bonds is 4. The summed E-state index contributed by atoms with van der Waals surface area (Å²) >= 11 is 6.00. The minimum absolute atomic E-state index is 0. The first-order valence-electron chi connectivity index (χ1n) is 8.67. The molecular weight excluding hydrogens is 419 g/mol. The SMILES string of the molecule is O=S(=O)(O)c1ccc(N2N=C(c3ccc(Cl)cc3)CC2c2ccccc2)cc1.[H-].[Na+]. The molecule has 1 atom stereocenters. The van der Waals surface area contributed by atoms with Crippen LogP contribution in [0.1, 0.15) is 25.0 Å². The molecule has 3 aromatic carbocycles. The van der Waals surface area contributed by atoms with Gasteiger partial charge in [0.1, 0.15) is 0 Å². The van der Waals surface area contributed by atoms with Crippen LogP contribution in [-0.2, 0) is 10.1 Å². The van der Waals surface area contributed by atoms with Crippen molar-refractivity contribution in [3.8, 4) is 0 Å². The van der Waals surface area contributed by atoms with Gasteiger partial charge in [0.15, 0.2) is 0 Å². The Bertz CT molecular complexity index is 1130. The van der Waals surface area contributed by atoms with Crippen LogP contribution in [0, 0.1) is 0 Å². The van der Waals surface area contributed by atoms with Gasteiger partial charge in [0, 0.05) is 11.4 Å². The summed E-state index contributed by atoms with van der Waals surface area (Å²) in [7, 11) is -4.23. The Kier molecular flexibility index (Phi) is 6.83. The molecule has 1 aliphatic rings. The minimum atomic E-state index is -4.23. The van der Waals surface area contributed by atoms with Gasteiger partial charge < -0.3 is 1.43 Å². The van der Waals surface area contributed by atoms with Gasteiger partial charge in [0.2, 0.25) is 0 Å². The number of anilines is 1. The number of nitrogens with zero attached hydrogens (tertiary/aromatic N) is 2. The van der Waals surface area contributed by atoms with Gasteiger partial charge in [-0.15, -0.1) is 0 Å². The second-order valence-corrected chi connectivity index (χ2v) is 8.36. The van der Waals surface area contributed by atoms with Crippen LogP contribution in [0.4, 0.5) is 5.69 Å². The molecule has 29 heavy (non-hydrogen) atoms. The average Bonchev–Trinajstić information content (AvgIpc) is 3.14. The predicted molar refractivity (Wildman–Crippen MR) is 112 cm³/mol. The molecule has 0 aromatic heterocycles. The van der Waals surface area contributed by atoms with E-state index in [2.05, 4.69) is 0 Å². The summed E-state index contributed by atoms with van der Waals surface area (Å²) in [4.78, 5) is -0.145. The zero-order valence-electron chi connectivity index (χ0n) is 16.7. The Morgan fingerprint density at radius 1 is 0.966 bits per heavy atom. The van der Waals surface area contributed by atoms with Gasteiger partial charge in [-0.25, -0.2) is 0 Å². The van der Waals surface area contributed by atoms with Crippen LogP contribution >= 0.6 is 11.6 Å². The molecule has 0 amide bonds. The molecule has 0 spiro atoms. The summed E-state index contributed by atoms with van der Waals surface area (Å²) in [5.41, 5.74) is 3.76. The standard InChI is InChI=1S/C21H17ClN2O3S.Na.H/c22-17-8-6-15(7-9-17)20-14-21(16-4-2-1-3-5-16)24(23-20)18-10-12-19(13-11-18)28(25,26)27;;/h1-13,21H,14H2,(H,25,26,27);;/q;+1;-1. The molecule has 0 aliphatic carbocycles. The van der Waals surface area contributed by atoms with E-state index in [-0.39, 0.29) is 41.9 Å². The Morgan fingerprint density at radius 2 is 1.59 bits per heavy atom. The molecule has 1 unspecified atom stereocenters. The summed E-state index contributed by atoms with van der Waals surface area (Å²) < 4.78 is 31.8. The molecule has 1 aliphatic heterocycles. The fraction of sp³-hybridized carbons (Fsp3) is 0.0952. The van der Waals surface area contributed by atoms with Crippen molar-refractivity contribution >= 4 is 33.1 Å². The predicted octanol–water partition coefficient (Wildman–Crippen LogP) is 2.06. The van der Waals surface area contributed by atoms with Crippen molar-refractivity contribution in [3.63, 3.8) is 0 Å². The maximum atomic E-state index is 11.3. The van der Waals surface area contributed by atoms with Crippen molar-refractivity contribution in [2.24, 2.45) is 5.10 Å². The van der Waals surface area contributed by atoms with Crippen molar-refractivity contribution < 1.29 is 44.0 Å². The maximum Gasteiger partial charge on any atom is 1.00 e. The first-order valence-corrected chi connectivity index (χ1v) is 10.5. The Balaban J connectivity index is 0.00000160. The van der Waals surface area contributed by atoms with Crippen LogP contribution in [0.25, 0.3) is 0 Å². The third-order valence-corrected chi connectivity index (χ3v) is 5.79. The van der Waals surface area contributed by atoms with Crippen LogP contribution in [-0.4, -0.2) is 18.7 Å².